The fourth-order valence-electron chi connectivity index (χ4n) is 0.304. The van der Waals surface area contributed by atoms with E-state index in [9.17, 15) is 4.79 Å². The van der Waals surface area contributed by atoms with Crippen LogP contribution >= 0.6 is 15.9 Å². The highest BCUT2D eigenvalue weighted by atomic mass is 79.9. The lowest BCUT2D eigenvalue weighted by Gasteiger charge is -2.05. The average Bonchev–Trinajstić information content (AvgIpc) is 1.83. The first kappa shape index (κ1) is 8.95. The Labute approximate surface area is 63.7 Å². The van der Waals surface area contributed by atoms with Crippen LogP contribution in [0.1, 0.15) is 13.8 Å². The number of carbonyl (C=O) groups is 1. The van der Waals surface area contributed by atoms with Gasteiger partial charge in [-0.25, -0.2) is 0 Å². The van der Waals surface area contributed by atoms with Gasteiger partial charge in [0.15, 0.2) is 0 Å². The van der Waals surface area contributed by atoms with Crippen LogP contribution in [-0.4, -0.2) is 17.9 Å². The third-order valence-corrected chi connectivity index (χ3v) is 1.94. The van der Waals surface area contributed by atoms with Gasteiger partial charge >= 0.3 is 5.97 Å². The van der Waals surface area contributed by atoms with Gasteiger partial charge in [0.1, 0.15) is 0 Å². The zero-order valence-corrected chi connectivity index (χ0v) is 7.27. The quantitative estimate of drug-likeness (QED) is 0.504. The summed E-state index contributed by atoms with van der Waals surface area (Å²) < 4.78 is 4.73. The molecule has 1 atom stereocenters. The molecule has 9 heavy (non-hydrogen) atoms. The minimum atomic E-state index is -0.206. The Morgan fingerprint density at radius 3 is 2.67 bits per heavy atom. The lowest BCUT2D eigenvalue weighted by Crippen LogP contribution is -2.09. The molecule has 0 aliphatic rings. The summed E-state index contributed by atoms with van der Waals surface area (Å²) >= 11 is 3.27. The van der Waals surface area contributed by atoms with E-state index in [0.29, 0.717) is 12.5 Å². The van der Waals surface area contributed by atoms with E-state index in [-0.39, 0.29) is 5.97 Å². The molecule has 0 bridgehead atoms. The maximum atomic E-state index is 10.2. The van der Waals surface area contributed by atoms with Crippen LogP contribution in [0.5, 0.6) is 0 Å². The van der Waals surface area contributed by atoms with Gasteiger partial charge in [0.05, 0.1) is 6.61 Å². The monoisotopic (exact) mass is 194 g/mol. The average molecular weight is 195 g/mol. The molecule has 0 saturated heterocycles. The second kappa shape index (κ2) is 4.79. The number of rotatable bonds is 3. The first-order valence-electron chi connectivity index (χ1n) is 2.86. The van der Waals surface area contributed by atoms with E-state index in [1.807, 2.05) is 6.92 Å². The van der Waals surface area contributed by atoms with Crippen molar-refractivity contribution in [1.29, 1.82) is 0 Å². The molecule has 0 aliphatic heterocycles. The Morgan fingerprint density at radius 1 is 1.78 bits per heavy atom. The van der Waals surface area contributed by atoms with Crippen molar-refractivity contribution < 1.29 is 9.53 Å². The van der Waals surface area contributed by atoms with Gasteiger partial charge in [-0.05, 0) is 5.92 Å². The van der Waals surface area contributed by atoms with E-state index in [2.05, 4.69) is 15.9 Å². The van der Waals surface area contributed by atoms with Crippen molar-refractivity contribution in [2.24, 2.45) is 5.92 Å². The van der Waals surface area contributed by atoms with Crippen LogP contribution in [0, 0.1) is 5.92 Å². The molecule has 2 nitrogen and oxygen atoms in total. The van der Waals surface area contributed by atoms with Gasteiger partial charge in [0.25, 0.3) is 0 Å². The number of ether oxygens (including phenoxy) is 1. The van der Waals surface area contributed by atoms with Crippen LogP contribution in [0.25, 0.3) is 0 Å². The van der Waals surface area contributed by atoms with Crippen molar-refractivity contribution in [3.63, 3.8) is 0 Å². The summed E-state index contributed by atoms with van der Waals surface area (Å²) in [4.78, 5) is 10.2. The molecule has 0 heterocycles. The highest BCUT2D eigenvalue weighted by Crippen LogP contribution is 1.99. The number of esters is 1. The van der Waals surface area contributed by atoms with Crippen molar-refractivity contribution in [3.8, 4) is 0 Å². The van der Waals surface area contributed by atoms with Crippen molar-refractivity contribution in [2.75, 3.05) is 11.9 Å². The molecular formula is C6H11BrO2. The molecule has 0 unspecified atom stereocenters. The Balaban J connectivity index is 3.16. The largest absolute Gasteiger partial charge is 0.466 e. The van der Waals surface area contributed by atoms with E-state index in [1.54, 1.807) is 0 Å². The van der Waals surface area contributed by atoms with Crippen LogP contribution < -0.4 is 0 Å². The van der Waals surface area contributed by atoms with E-state index < -0.39 is 0 Å². The zero-order chi connectivity index (χ0) is 7.28. The summed E-state index contributed by atoms with van der Waals surface area (Å²) in [5.74, 6) is 0.205. The second-order valence-electron chi connectivity index (χ2n) is 2.06. The summed E-state index contributed by atoms with van der Waals surface area (Å²) in [5, 5.41) is 0.875. The first-order chi connectivity index (χ1) is 4.16. The lowest BCUT2D eigenvalue weighted by molar-refractivity contribution is -0.141. The predicted molar refractivity (Wildman–Crippen MR) is 39.6 cm³/mol. The van der Waals surface area contributed by atoms with Gasteiger partial charge < -0.3 is 4.74 Å². The van der Waals surface area contributed by atoms with Crippen LogP contribution in [0.15, 0.2) is 0 Å². The molecule has 3 heteroatoms. The number of hydrogen-bond donors (Lipinski definition) is 0. The third kappa shape index (κ3) is 5.83. The van der Waals surface area contributed by atoms with Gasteiger partial charge in [-0.2, -0.15) is 0 Å². The predicted octanol–water partition coefficient (Wildman–Crippen LogP) is 1.58. The van der Waals surface area contributed by atoms with Crippen molar-refractivity contribution in [2.45, 2.75) is 13.8 Å². The van der Waals surface area contributed by atoms with Crippen LogP contribution in [0.4, 0.5) is 0 Å². The summed E-state index contributed by atoms with van der Waals surface area (Å²) in [6.45, 7) is 3.94. The SMILES string of the molecule is CC(=O)OC[C@H](C)CBr. The smallest absolute Gasteiger partial charge is 0.302 e. The maximum absolute atomic E-state index is 10.2. The number of hydrogen-bond acceptors (Lipinski definition) is 2. The molecule has 0 aliphatic carbocycles. The third-order valence-electron chi connectivity index (χ3n) is 0.835. The number of halogens is 1. The molecule has 0 rings (SSSR count). The minimum Gasteiger partial charge on any atom is -0.466 e. The molecule has 0 fully saturated rings. The minimum absolute atomic E-state index is 0.206. The molecule has 0 aromatic heterocycles. The van der Waals surface area contributed by atoms with Gasteiger partial charge in [-0.1, -0.05) is 22.9 Å². The molecule has 0 radical (unpaired) electrons. The topological polar surface area (TPSA) is 26.3 Å². The van der Waals surface area contributed by atoms with E-state index in [4.69, 9.17) is 4.74 Å². The van der Waals surface area contributed by atoms with E-state index >= 15 is 0 Å². The first-order valence-corrected chi connectivity index (χ1v) is 3.98. The number of alkyl halides is 1. The Hall–Kier alpha value is -0.0500. The summed E-state index contributed by atoms with van der Waals surface area (Å²) in [6, 6.07) is 0. The van der Waals surface area contributed by atoms with Crippen LogP contribution in [0.2, 0.25) is 0 Å². The van der Waals surface area contributed by atoms with Gasteiger partial charge in [-0.3, -0.25) is 4.79 Å². The van der Waals surface area contributed by atoms with Crippen LogP contribution in [-0.2, 0) is 9.53 Å². The Kier molecular flexibility index (Phi) is 4.77. The fraction of sp³-hybridized carbons (Fsp3) is 0.833. The molecular weight excluding hydrogens is 184 g/mol. The van der Waals surface area contributed by atoms with Crippen molar-refractivity contribution in [1.82, 2.24) is 0 Å². The normalized spacial score (nSPS) is 12.8. The zero-order valence-electron chi connectivity index (χ0n) is 5.69. The summed E-state index contributed by atoms with van der Waals surface area (Å²) in [5.41, 5.74) is 0. The molecule has 0 spiro atoms. The molecule has 0 saturated carbocycles. The summed E-state index contributed by atoms with van der Waals surface area (Å²) in [7, 11) is 0. The molecule has 54 valence electrons. The Morgan fingerprint density at radius 2 is 2.33 bits per heavy atom. The highest BCUT2D eigenvalue weighted by Gasteiger charge is 2.00. The molecule has 0 amide bonds. The van der Waals surface area contributed by atoms with Crippen molar-refractivity contribution >= 4 is 21.9 Å². The standard InChI is InChI=1S/C6H11BrO2/c1-5(3-7)4-9-6(2)8/h5H,3-4H2,1-2H3/t5-/m1/s1. The second-order valence-corrected chi connectivity index (χ2v) is 2.71. The van der Waals surface area contributed by atoms with Gasteiger partial charge in [-0.15, -0.1) is 0 Å². The molecule has 0 aromatic rings. The van der Waals surface area contributed by atoms with E-state index in [1.165, 1.54) is 6.92 Å². The number of carbonyl (C=O) groups excluding carboxylic acids is 1. The van der Waals surface area contributed by atoms with Crippen LogP contribution in [0.3, 0.4) is 0 Å². The van der Waals surface area contributed by atoms with E-state index in [0.717, 1.165) is 5.33 Å². The lowest BCUT2D eigenvalue weighted by atomic mass is 10.2. The molecule has 0 aromatic carbocycles. The molecule has 0 N–H and O–H groups in total. The van der Waals surface area contributed by atoms with Crippen molar-refractivity contribution in [3.05, 3.63) is 0 Å². The Bertz CT molecular complexity index is 93.1. The highest BCUT2D eigenvalue weighted by molar-refractivity contribution is 9.09. The summed E-state index contributed by atoms with van der Waals surface area (Å²) in [6.07, 6.45) is 0. The fourth-order valence-corrected chi connectivity index (χ4v) is 0.491. The van der Waals surface area contributed by atoms with Gasteiger partial charge in [0.2, 0.25) is 0 Å². The maximum Gasteiger partial charge on any atom is 0.302 e. The van der Waals surface area contributed by atoms with Gasteiger partial charge in [0, 0.05) is 12.3 Å².